The number of piperazine rings is 1. The highest BCUT2D eigenvalue weighted by atomic mass is 16.3. The normalized spacial score (nSPS) is 18.5. The van der Waals surface area contributed by atoms with Crippen LogP contribution in [0.2, 0.25) is 0 Å². The molecule has 0 bridgehead atoms. The van der Waals surface area contributed by atoms with Gasteiger partial charge in [-0.25, -0.2) is 9.97 Å². The molecule has 0 spiro atoms. The van der Waals surface area contributed by atoms with E-state index in [1.54, 1.807) is 6.07 Å². The molecule has 0 amide bonds. The van der Waals surface area contributed by atoms with Crippen LogP contribution >= 0.6 is 0 Å². The van der Waals surface area contributed by atoms with Crippen LogP contribution in [0.5, 0.6) is 5.75 Å². The summed E-state index contributed by atoms with van der Waals surface area (Å²) in [6, 6.07) is 11.8. The quantitative estimate of drug-likeness (QED) is 0.495. The summed E-state index contributed by atoms with van der Waals surface area (Å²) in [6.07, 6.45) is 6.68. The molecule has 0 radical (unpaired) electrons. The summed E-state index contributed by atoms with van der Waals surface area (Å²) in [5.41, 5.74) is 9.65. The number of anilines is 3. The maximum absolute atomic E-state index is 10.9. The Morgan fingerprint density at radius 1 is 1.06 bits per heavy atom. The molecular weight excluding hydrogens is 416 g/mol. The zero-order valence-electron chi connectivity index (χ0n) is 18.7. The van der Waals surface area contributed by atoms with Crippen LogP contribution in [0.4, 0.5) is 17.3 Å². The monoisotopic (exact) mass is 446 g/mol. The van der Waals surface area contributed by atoms with Crippen LogP contribution in [0.1, 0.15) is 37.2 Å². The average Bonchev–Trinajstić information content (AvgIpc) is 3.38. The molecule has 2 fully saturated rings. The Morgan fingerprint density at radius 2 is 1.79 bits per heavy atom. The number of benzene rings is 2. The van der Waals surface area contributed by atoms with Crippen molar-refractivity contribution < 1.29 is 9.90 Å². The minimum absolute atomic E-state index is 0.331. The van der Waals surface area contributed by atoms with Crippen LogP contribution in [-0.4, -0.2) is 58.6 Å². The summed E-state index contributed by atoms with van der Waals surface area (Å²) >= 11 is 0. The zero-order chi connectivity index (χ0) is 22.8. The zero-order valence-corrected chi connectivity index (χ0v) is 18.7. The molecule has 1 aliphatic heterocycles. The molecule has 5 rings (SSSR count). The molecule has 1 aliphatic carbocycles. The smallest absolute Gasteiger partial charge is 0.227 e. The van der Waals surface area contributed by atoms with E-state index in [4.69, 9.17) is 10.7 Å². The van der Waals surface area contributed by atoms with Gasteiger partial charge in [0.15, 0.2) is 6.29 Å². The largest absolute Gasteiger partial charge is 0.508 e. The van der Waals surface area contributed by atoms with Gasteiger partial charge in [0.2, 0.25) is 5.95 Å². The van der Waals surface area contributed by atoms with Crippen LogP contribution < -0.4 is 16.0 Å². The molecule has 8 nitrogen and oxygen atoms in total. The topological polar surface area (TPSA) is 108 Å². The van der Waals surface area contributed by atoms with Gasteiger partial charge in [-0.1, -0.05) is 12.8 Å². The Labute approximate surface area is 193 Å². The van der Waals surface area contributed by atoms with Gasteiger partial charge in [0.25, 0.3) is 0 Å². The molecule has 2 aliphatic rings. The summed E-state index contributed by atoms with van der Waals surface area (Å²) in [7, 11) is 0. The fraction of sp³-hybridized carbons (Fsp3) is 0.400. The SMILES string of the molecule is NC(C=O)N1CCN(c2ccc(Nc3ncc4ccc(O)c(C5CCCC5)c4n3)cc2)CC1. The van der Waals surface area contributed by atoms with Crippen molar-refractivity contribution in [3.63, 3.8) is 0 Å². The van der Waals surface area contributed by atoms with Crippen LogP contribution in [0.25, 0.3) is 10.9 Å². The average molecular weight is 447 g/mol. The van der Waals surface area contributed by atoms with Crippen LogP contribution in [0.15, 0.2) is 42.6 Å². The van der Waals surface area contributed by atoms with Crippen molar-refractivity contribution in [3.8, 4) is 5.75 Å². The fourth-order valence-corrected chi connectivity index (χ4v) is 5.03. The van der Waals surface area contributed by atoms with Crippen molar-refractivity contribution in [2.75, 3.05) is 36.4 Å². The summed E-state index contributed by atoms with van der Waals surface area (Å²) < 4.78 is 0. The molecule has 2 aromatic carbocycles. The van der Waals surface area contributed by atoms with E-state index in [2.05, 4.69) is 27.3 Å². The van der Waals surface area contributed by atoms with Crippen molar-refractivity contribution in [1.29, 1.82) is 0 Å². The van der Waals surface area contributed by atoms with Crippen molar-refractivity contribution in [2.45, 2.75) is 37.8 Å². The Morgan fingerprint density at radius 3 is 2.48 bits per heavy atom. The first-order valence-electron chi connectivity index (χ1n) is 11.7. The predicted molar refractivity (Wildman–Crippen MR) is 130 cm³/mol. The fourth-order valence-electron chi connectivity index (χ4n) is 5.03. The summed E-state index contributed by atoms with van der Waals surface area (Å²) in [6.45, 7) is 3.19. The lowest BCUT2D eigenvalue weighted by molar-refractivity contribution is -0.112. The number of carbonyl (C=O) groups is 1. The third-order valence-electron chi connectivity index (χ3n) is 6.90. The van der Waals surface area contributed by atoms with Crippen molar-refractivity contribution in [1.82, 2.24) is 14.9 Å². The van der Waals surface area contributed by atoms with Crippen LogP contribution in [0, 0.1) is 0 Å². The van der Waals surface area contributed by atoms with Crippen molar-refractivity contribution >= 4 is 34.5 Å². The van der Waals surface area contributed by atoms with Gasteiger partial charge in [0, 0.05) is 54.7 Å². The van der Waals surface area contributed by atoms with E-state index in [-0.39, 0.29) is 0 Å². The molecule has 4 N–H and O–H groups in total. The number of nitrogens with two attached hydrogens (primary N) is 1. The molecule has 1 aromatic heterocycles. The van der Waals surface area contributed by atoms with Crippen LogP contribution in [-0.2, 0) is 4.79 Å². The number of nitrogens with one attached hydrogen (secondary N) is 1. The van der Waals surface area contributed by atoms with Gasteiger partial charge in [-0.05, 0) is 55.2 Å². The summed E-state index contributed by atoms with van der Waals surface area (Å²) in [5, 5.41) is 14.8. The lowest BCUT2D eigenvalue weighted by Gasteiger charge is -2.37. The Kier molecular flexibility index (Phi) is 6.11. The molecule has 1 saturated heterocycles. The highest BCUT2D eigenvalue weighted by Gasteiger charge is 2.24. The second kappa shape index (κ2) is 9.33. The number of hydrogen-bond donors (Lipinski definition) is 3. The number of fused-ring (bicyclic) bond motifs is 1. The second-order valence-electron chi connectivity index (χ2n) is 8.93. The van der Waals surface area contributed by atoms with Gasteiger partial charge in [-0.3, -0.25) is 4.90 Å². The Hall–Kier alpha value is -3.23. The molecule has 8 heteroatoms. The highest BCUT2D eigenvalue weighted by Crippen LogP contribution is 2.41. The van der Waals surface area contributed by atoms with Gasteiger partial charge in [-0.15, -0.1) is 0 Å². The summed E-state index contributed by atoms with van der Waals surface area (Å²) in [4.78, 5) is 24.5. The number of nitrogens with zero attached hydrogens (tertiary/aromatic N) is 4. The highest BCUT2D eigenvalue weighted by molar-refractivity contribution is 5.85. The number of phenolic OH excluding ortho intramolecular Hbond substituents is 1. The first kappa shape index (κ1) is 21.6. The summed E-state index contributed by atoms with van der Waals surface area (Å²) in [5.74, 6) is 1.21. The molecule has 172 valence electrons. The minimum Gasteiger partial charge on any atom is -0.508 e. The minimum atomic E-state index is -0.517. The van der Waals surface area contributed by atoms with Gasteiger partial charge in [0.1, 0.15) is 11.9 Å². The Balaban J connectivity index is 1.31. The van der Waals surface area contributed by atoms with Gasteiger partial charge < -0.3 is 25.9 Å². The molecule has 3 aromatic rings. The lowest BCUT2D eigenvalue weighted by atomic mass is 9.94. The number of aromatic nitrogens is 2. The number of carbonyl (C=O) groups excluding carboxylic acids is 1. The van der Waals surface area contributed by atoms with E-state index >= 15 is 0 Å². The van der Waals surface area contributed by atoms with E-state index in [1.165, 1.54) is 12.8 Å². The molecule has 2 heterocycles. The molecular formula is C25H30N6O2. The van der Waals surface area contributed by atoms with E-state index in [9.17, 15) is 9.90 Å². The molecule has 33 heavy (non-hydrogen) atoms. The molecule has 1 saturated carbocycles. The predicted octanol–water partition coefficient (Wildman–Crippen LogP) is 3.34. The number of hydrogen-bond acceptors (Lipinski definition) is 8. The number of aromatic hydroxyl groups is 1. The van der Waals surface area contributed by atoms with E-state index in [1.807, 2.05) is 29.3 Å². The standard InChI is InChI=1S/C25H30N6O2/c26-22(16-32)31-13-11-30(12-14-31)20-8-6-19(7-9-20)28-25-27-15-18-5-10-21(33)23(24(18)29-25)17-3-1-2-4-17/h5-10,15-17,22,33H,1-4,11-14,26H2,(H,27,28,29). The van der Waals surface area contributed by atoms with Gasteiger partial charge >= 0.3 is 0 Å². The Bertz CT molecular complexity index is 1120. The van der Waals surface area contributed by atoms with Crippen molar-refractivity contribution in [3.05, 3.63) is 48.2 Å². The third kappa shape index (κ3) is 4.49. The van der Waals surface area contributed by atoms with Gasteiger partial charge in [-0.2, -0.15) is 0 Å². The first-order chi connectivity index (χ1) is 16.1. The lowest BCUT2D eigenvalue weighted by Crippen LogP contribution is -2.53. The van der Waals surface area contributed by atoms with E-state index < -0.39 is 6.17 Å². The first-order valence-corrected chi connectivity index (χ1v) is 11.7. The van der Waals surface area contributed by atoms with Crippen molar-refractivity contribution in [2.24, 2.45) is 5.73 Å². The number of phenols is 1. The van der Waals surface area contributed by atoms with E-state index in [0.29, 0.717) is 17.6 Å². The third-order valence-corrected chi connectivity index (χ3v) is 6.90. The van der Waals surface area contributed by atoms with E-state index in [0.717, 1.165) is 73.1 Å². The number of rotatable bonds is 6. The molecule has 1 atom stereocenters. The number of aldehydes is 1. The van der Waals surface area contributed by atoms with Gasteiger partial charge in [0.05, 0.1) is 5.52 Å². The maximum atomic E-state index is 10.9. The maximum Gasteiger partial charge on any atom is 0.227 e. The molecule has 1 unspecified atom stereocenters. The second-order valence-corrected chi connectivity index (χ2v) is 8.93. The van der Waals surface area contributed by atoms with Crippen LogP contribution in [0.3, 0.4) is 0 Å².